The van der Waals surface area contributed by atoms with Crippen LogP contribution in [0.25, 0.3) is 0 Å². The van der Waals surface area contributed by atoms with Crippen LogP contribution in [-0.2, 0) is 4.79 Å². The topological polar surface area (TPSA) is 29.1 Å². The minimum atomic E-state index is 0.0557. The van der Waals surface area contributed by atoms with Crippen LogP contribution in [0.5, 0.6) is 0 Å². The molecule has 0 saturated carbocycles. The second kappa shape index (κ2) is 6.19. The van der Waals surface area contributed by atoms with Gasteiger partial charge in [-0.3, -0.25) is 4.79 Å². The van der Waals surface area contributed by atoms with Crippen molar-refractivity contribution in [2.45, 2.75) is 26.2 Å². The summed E-state index contributed by atoms with van der Waals surface area (Å²) in [6, 6.07) is 18.0. The molecule has 1 amide bonds. The molecule has 0 radical (unpaired) electrons. The van der Waals surface area contributed by atoms with E-state index < -0.39 is 0 Å². The van der Waals surface area contributed by atoms with E-state index in [4.69, 9.17) is 0 Å². The minimum Gasteiger partial charge on any atom is -0.326 e. The highest BCUT2D eigenvalue weighted by Crippen LogP contribution is 2.19. The fraction of sp³-hybridized carbons (Fsp3) is 0.235. The first-order valence-electron chi connectivity index (χ1n) is 6.56. The maximum Gasteiger partial charge on any atom is 0.224 e. The van der Waals surface area contributed by atoms with E-state index in [9.17, 15) is 4.79 Å². The summed E-state index contributed by atoms with van der Waals surface area (Å²) < 4.78 is 0. The molecule has 0 heterocycles. The molecule has 2 aromatic carbocycles. The van der Waals surface area contributed by atoms with Crippen LogP contribution < -0.4 is 5.32 Å². The third-order valence-corrected chi connectivity index (χ3v) is 3.20. The van der Waals surface area contributed by atoms with E-state index in [1.807, 2.05) is 49.4 Å². The Hall–Kier alpha value is -2.09. The Morgan fingerprint density at radius 3 is 2.32 bits per heavy atom. The molecule has 2 heteroatoms. The standard InChI is InChI=1S/C17H19NO/c1-13-8-10-16(11-9-13)18-17(19)12-14(2)15-6-4-3-5-7-15/h3-11,14H,12H2,1-2H3,(H,18,19). The highest BCUT2D eigenvalue weighted by Gasteiger charge is 2.10. The van der Waals surface area contributed by atoms with Crippen LogP contribution in [0.2, 0.25) is 0 Å². The van der Waals surface area contributed by atoms with Crippen LogP contribution in [0, 0.1) is 6.92 Å². The summed E-state index contributed by atoms with van der Waals surface area (Å²) in [6.07, 6.45) is 0.498. The summed E-state index contributed by atoms with van der Waals surface area (Å²) >= 11 is 0. The van der Waals surface area contributed by atoms with Gasteiger partial charge in [-0.25, -0.2) is 0 Å². The maximum absolute atomic E-state index is 12.0. The van der Waals surface area contributed by atoms with E-state index in [1.165, 1.54) is 11.1 Å². The summed E-state index contributed by atoms with van der Waals surface area (Å²) in [5.74, 6) is 0.284. The zero-order valence-corrected chi connectivity index (χ0v) is 11.4. The second-order valence-electron chi connectivity index (χ2n) is 4.93. The number of anilines is 1. The molecule has 0 aliphatic heterocycles. The number of amides is 1. The lowest BCUT2D eigenvalue weighted by Gasteiger charge is -2.12. The first-order chi connectivity index (χ1) is 9.15. The van der Waals surface area contributed by atoms with Gasteiger partial charge in [0.2, 0.25) is 5.91 Å². The second-order valence-corrected chi connectivity index (χ2v) is 4.93. The molecule has 0 spiro atoms. The monoisotopic (exact) mass is 253 g/mol. The van der Waals surface area contributed by atoms with Gasteiger partial charge in [-0.1, -0.05) is 55.0 Å². The predicted molar refractivity (Wildman–Crippen MR) is 79.3 cm³/mol. The van der Waals surface area contributed by atoms with E-state index in [2.05, 4.69) is 24.4 Å². The number of benzene rings is 2. The number of hydrogen-bond acceptors (Lipinski definition) is 1. The van der Waals surface area contributed by atoms with Crippen molar-refractivity contribution in [3.05, 3.63) is 65.7 Å². The quantitative estimate of drug-likeness (QED) is 0.872. The zero-order valence-electron chi connectivity index (χ0n) is 11.4. The van der Waals surface area contributed by atoms with Crippen molar-refractivity contribution in [1.82, 2.24) is 0 Å². The predicted octanol–water partition coefficient (Wildman–Crippen LogP) is 4.13. The fourth-order valence-corrected chi connectivity index (χ4v) is 2.03. The van der Waals surface area contributed by atoms with E-state index in [0.29, 0.717) is 6.42 Å². The van der Waals surface area contributed by atoms with Gasteiger partial charge in [0.1, 0.15) is 0 Å². The number of rotatable bonds is 4. The lowest BCUT2D eigenvalue weighted by Crippen LogP contribution is -2.14. The van der Waals surface area contributed by atoms with Gasteiger partial charge in [-0.05, 0) is 30.5 Å². The van der Waals surface area contributed by atoms with Crippen molar-refractivity contribution >= 4 is 11.6 Å². The van der Waals surface area contributed by atoms with Crippen LogP contribution in [0.3, 0.4) is 0 Å². The van der Waals surface area contributed by atoms with Crippen molar-refractivity contribution in [3.63, 3.8) is 0 Å². The molecule has 0 fully saturated rings. The number of hydrogen-bond donors (Lipinski definition) is 1. The molecule has 1 N–H and O–H groups in total. The lowest BCUT2D eigenvalue weighted by molar-refractivity contribution is -0.116. The Kier molecular flexibility index (Phi) is 4.35. The smallest absolute Gasteiger partial charge is 0.224 e. The molecule has 1 unspecified atom stereocenters. The summed E-state index contributed by atoms with van der Waals surface area (Å²) in [5, 5.41) is 2.93. The first kappa shape index (κ1) is 13.3. The highest BCUT2D eigenvalue weighted by molar-refractivity contribution is 5.91. The summed E-state index contributed by atoms with van der Waals surface area (Å²) in [7, 11) is 0. The molecule has 98 valence electrons. The fourth-order valence-electron chi connectivity index (χ4n) is 2.03. The van der Waals surface area contributed by atoms with Crippen LogP contribution >= 0.6 is 0 Å². The van der Waals surface area contributed by atoms with Crippen LogP contribution in [0.1, 0.15) is 30.4 Å². The minimum absolute atomic E-state index is 0.0557. The summed E-state index contributed by atoms with van der Waals surface area (Å²) in [4.78, 5) is 12.0. The average Bonchev–Trinajstić information content (AvgIpc) is 2.42. The van der Waals surface area contributed by atoms with E-state index in [0.717, 1.165) is 5.69 Å². The highest BCUT2D eigenvalue weighted by atomic mass is 16.1. The van der Waals surface area contributed by atoms with Crippen molar-refractivity contribution in [1.29, 1.82) is 0 Å². The zero-order chi connectivity index (χ0) is 13.7. The molecule has 0 saturated heterocycles. The van der Waals surface area contributed by atoms with Gasteiger partial charge in [0, 0.05) is 12.1 Å². The molecule has 0 aromatic heterocycles. The Balaban J connectivity index is 1.93. The van der Waals surface area contributed by atoms with Crippen LogP contribution in [-0.4, -0.2) is 5.91 Å². The van der Waals surface area contributed by atoms with E-state index in [-0.39, 0.29) is 11.8 Å². The summed E-state index contributed by atoms with van der Waals surface area (Å²) in [5.41, 5.74) is 3.24. The van der Waals surface area contributed by atoms with Crippen LogP contribution in [0.15, 0.2) is 54.6 Å². The number of carbonyl (C=O) groups excluding carboxylic acids is 1. The van der Waals surface area contributed by atoms with Gasteiger partial charge in [0.15, 0.2) is 0 Å². The van der Waals surface area contributed by atoms with E-state index >= 15 is 0 Å². The molecule has 2 aromatic rings. The SMILES string of the molecule is Cc1ccc(NC(=O)CC(C)c2ccccc2)cc1. The summed E-state index contributed by atoms with van der Waals surface area (Å²) in [6.45, 7) is 4.10. The number of aryl methyl sites for hydroxylation is 1. The average molecular weight is 253 g/mol. The number of carbonyl (C=O) groups is 1. The van der Waals surface area contributed by atoms with Gasteiger partial charge in [0.05, 0.1) is 0 Å². The van der Waals surface area contributed by atoms with Crippen molar-refractivity contribution in [3.8, 4) is 0 Å². The van der Waals surface area contributed by atoms with Gasteiger partial charge in [-0.15, -0.1) is 0 Å². The molecule has 2 rings (SSSR count). The molecule has 19 heavy (non-hydrogen) atoms. The van der Waals surface area contributed by atoms with Crippen molar-refractivity contribution < 1.29 is 4.79 Å². The Bertz CT molecular complexity index is 531. The largest absolute Gasteiger partial charge is 0.326 e. The Labute approximate surface area is 114 Å². The van der Waals surface area contributed by atoms with Crippen molar-refractivity contribution in [2.75, 3.05) is 5.32 Å². The molecule has 0 bridgehead atoms. The maximum atomic E-state index is 12.0. The van der Waals surface area contributed by atoms with Crippen molar-refractivity contribution in [2.24, 2.45) is 0 Å². The van der Waals surface area contributed by atoms with Gasteiger partial charge in [-0.2, -0.15) is 0 Å². The molecular weight excluding hydrogens is 234 g/mol. The Morgan fingerprint density at radius 2 is 1.68 bits per heavy atom. The van der Waals surface area contributed by atoms with Gasteiger partial charge in [0.25, 0.3) is 0 Å². The van der Waals surface area contributed by atoms with Crippen LogP contribution in [0.4, 0.5) is 5.69 Å². The number of nitrogens with one attached hydrogen (secondary N) is 1. The van der Waals surface area contributed by atoms with Gasteiger partial charge >= 0.3 is 0 Å². The van der Waals surface area contributed by atoms with E-state index in [1.54, 1.807) is 0 Å². The third kappa shape index (κ3) is 3.95. The van der Waals surface area contributed by atoms with Gasteiger partial charge < -0.3 is 5.32 Å². The normalized spacial score (nSPS) is 11.9. The molecule has 0 aliphatic rings. The lowest BCUT2D eigenvalue weighted by atomic mass is 9.97. The first-order valence-corrected chi connectivity index (χ1v) is 6.56. The Morgan fingerprint density at radius 1 is 1.05 bits per heavy atom. The molecule has 1 atom stereocenters. The third-order valence-electron chi connectivity index (χ3n) is 3.20. The molecule has 0 aliphatic carbocycles. The molecule has 2 nitrogen and oxygen atoms in total. The molecular formula is C17H19NO.